The summed E-state index contributed by atoms with van der Waals surface area (Å²) in [5.41, 5.74) is 5.64. The predicted octanol–water partition coefficient (Wildman–Crippen LogP) is 4.11. The molecule has 0 bridgehead atoms. The van der Waals surface area contributed by atoms with Crippen molar-refractivity contribution in [2.45, 2.75) is 37.9 Å². The Bertz CT molecular complexity index is 954. The Morgan fingerprint density at radius 1 is 1.07 bits per heavy atom. The molecule has 5 rings (SSSR count). The van der Waals surface area contributed by atoms with Crippen molar-refractivity contribution in [1.29, 1.82) is 0 Å². The summed E-state index contributed by atoms with van der Waals surface area (Å²) in [6.45, 7) is 1.36. The second kappa shape index (κ2) is 7.43. The molecule has 4 heteroatoms. The van der Waals surface area contributed by atoms with Crippen molar-refractivity contribution in [3.8, 4) is 0 Å². The summed E-state index contributed by atoms with van der Waals surface area (Å²) in [6, 6.07) is 16.3. The lowest BCUT2D eigenvalue weighted by atomic mass is 9.81. The van der Waals surface area contributed by atoms with Gasteiger partial charge in [-0.1, -0.05) is 48.5 Å². The van der Waals surface area contributed by atoms with Gasteiger partial charge in [-0.15, -0.1) is 0 Å². The normalized spacial score (nSPS) is 22.9. The van der Waals surface area contributed by atoms with Crippen molar-refractivity contribution in [2.24, 2.45) is 5.92 Å². The zero-order chi connectivity index (χ0) is 19.8. The smallest absolute Gasteiger partial charge is 0.172 e. The summed E-state index contributed by atoms with van der Waals surface area (Å²) in [6.07, 6.45) is 4.03. The summed E-state index contributed by atoms with van der Waals surface area (Å²) in [5.74, 6) is 0.504. The molecule has 1 atom stereocenters. The first-order valence-electron chi connectivity index (χ1n) is 10.4. The van der Waals surface area contributed by atoms with E-state index in [0.29, 0.717) is 19.6 Å². The van der Waals surface area contributed by atoms with Crippen molar-refractivity contribution in [3.05, 3.63) is 76.5 Å². The fraction of sp³-hybridized carbons (Fsp3) is 0.400. The lowest BCUT2D eigenvalue weighted by Crippen LogP contribution is -2.37. The highest BCUT2D eigenvalue weighted by Gasteiger charge is 2.41. The highest BCUT2D eigenvalue weighted by Crippen LogP contribution is 2.40. The molecule has 1 spiro atoms. The maximum absolute atomic E-state index is 13.3. The van der Waals surface area contributed by atoms with Crippen LogP contribution in [0.25, 0.3) is 5.57 Å². The number of methoxy groups -OCH3 is 1. The summed E-state index contributed by atoms with van der Waals surface area (Å²) >= 11 is 0. The minimum Gasteiger partial charge on any atom is -0.500 e. The van der Waals surface area contributed by atoms with E-state index in [9.17, 15) is 4.79 Å². The van der Waals surface area contributed by atoms with E-state index in [1.165, 1.54) is 16.7 Å². The Labute approximate surface area is 171 Å². The molecule has 4 nitrogen and oxygen atoms in total. The number of hydrogen-bond donors (Lipinski definition) is 0. The van der Waals surface area contributed by atoms with Gasteiger partial charge in [-0.05, 0) is 35.1 Å². The van der Waals surface area contributed by atoms with E-state index in [-0.39, 0.29) is 11.7 Å². The van der Waals surface area contributed by atoms with E-state index >= 15 is 0 Å². The number of rotatable bonds is 4. The molecule has 29 heavy (non-hydrogen) atoms. The first kappa shape index (κ1) is 18.6. The van der Waals surface area contributed by atoms with Gasteiger partial charge in [-0.3, -0.25) is 4.79 Å². The maximum atomic E-state index is 13.3. The van der Waals surface area contributed by atoms with Crippen LogP contribution in [0.3, 0.4) is 0 Å². The molecule has 1 unspecified atom stereocenters. The largest absolute Gasteiger partial charge is 0.500 e. The summed E-state index contributed by atoms with van der Waals surface area (Å²) < 4.78 is 17.5. The van der Waals surface area contributed by atoms with Gasteiger partial charge in [0, 0.05) is 25.2 Å². The average Bonchev–Trinajstić information content (AvgIpc) is 3.33. The number of Topliss-reactive ketones (excluding diaryl/α,β-unsaturated/α-hetero) is 1. The molecule has 1 heterocycles. The van der Waals surface area contributed by atoms with Crippen LogP contribution in [0, 0.1) is 5.92 Å². The van der Waals surface area contributed by atoms with Crippen molar-refractivity contribution < 1.29 is 19.0 Å². The molecule has 0 radical (unpaired) electrons. The van der Waals surface area contributed by atoms with Crippen LogP contribution in [0.15, 0.2) is 54.3 Å². The Kier molecular flexibility index (Phi) is 4.76. The third kappa shape index (κ3) is 3.30. The maximum Gasteiger partial charge on any atom is 0.172 e. The van der Waals surface area contributed by atoms with E-state index in [2.05, 4.69) is 18.2 Å². The number of ether oxygens (including phenoxy) is 3. The molecule has 0 amide bonds. The molecule has 0 aromatic heterocycles. The molecular formula is C25H26O4. The third-order valence-corrected chi connectivity index (χ3v) is 6.50. The quantitative estimate of drug-likeness (QED) is 0.788. The van der Waals surface area contributed by atoms with E-state index in [4.69, 9.17) is 14.2 Å². The Hall–Kier alpha value is -2.43. The van der Waals surface area contributed by atoms with Crippen molar-refractivity contribution >= 4 is 11.4 Å². The summed E-state index contributed by atoms with van der Waals surface area (Å²) in [4.78, 5) is 13.3. The number of carbonyl (C=O) groups is 1. The van der Waals surface area contributed by atoms with Gasteiger partial charge in [-0.2, -0.15) is 0 Å². The SMILES string of the molecule is COC1=C(c2ccccc2)C(=O)C(Cc2cccc3c2CCC2(C3)OCCO2)C1. The minimum absolute atomic E-state index is 0.0680. The van der Waals surface area contributed by atoms with Gasteiger partial charge in [0.05, 0.1) is 25.9 Å². The van der Waals surface area contributed by atoms with Gasteiger partial charge in [-0.25, -0.2) is 0 Å². The molecule has 1 fully saturated rings. The van der Waals surface area contributed by atoms with Crippen molar-refractivity contribution in [1.82, 2.24) is 0 Å². The number of carbonyl (C=O) groups excluding carboxylic acids is 1. The van der Waals surface area contributed by atoms with Gasteiger partial charge < -0.3 is 14.2 Å². The summed E-state index contributed by atoms with van der Waals surface area (Å²) in [7, 11) is 1.67. The molecular weight excluding hydrogens is 364 g/mol. The second-order valence-electron chi connectivity index (χ2n) is 8.18. The van der Waals surface area contributed by atoms with Crippen LogP contribution in [0.2, 0.25) is 0 Å². The lowest BCUT2D eigenvalue weighted by molar-refractivity contribution is -0.163. The van der Waals surface area contributed by atoms with Gasteiger partial charge in [0.2, 0.25) is 0 Å². The van der Waals surface area contributed by atoms with Crippen LogP contribution in [-0.4, -0.2) is 31.9 Å². The van der Waals surface area contributed by atoms with Crippen LogP contribution in [0.5, 0.6) is 0 Å². The van der Waals surface area contributed by atoms with E-state index in [1.54, 1.807) is 7.11 Å². The minimum atomic E-state index is -0.431. The molecule has 1 saturated heterocycles. The Balaban J connectivity index is 1.39. The zero-order valence-corrected chi connectivity index (χ0v) is 16.8. The molecule has 2 aromatic carbocycles. The van der Waals surface area contributed by atoms with Gasteiger partial charge >= 0.3 is 0 Å². The third-order valence-electron chi connectivity index (χ3n) is 6.50. The number of hydrogen-bond acceptors (Lipinski definition) is 4. The molecule has 3 aliphatic rings. The van der Waals surface area contributed by atoms with Gasteiger partial charge in [0.1, 0.15) is 5.76 Å². The van der Waals surface area contributed by atoms with Gasteiger partial charge in [0.15, 0.2) is 11.6 Å². The molecule has 0 N–H and O–H groups in total. The average molecular weight is 390 g/mol. The van der Waals surface area contributed by atoms with E-state index in [0.717, 1.165) is 42.6 Å². The van der Waals surface area contributed by atoms with Crippen LogP contribution in [0.4, 0.5) is 0 Å². The lowest BCUT2D eigenvalue weighted by Gasteiger charge is -2.34. The van der Waals surface area contributed by atoms with Crippen LogP contribution in [0.1, 0.15) is 35.1 Å². The van der Waals surface area contributed by atoms with Crippen LogP contribution in [-0.2, 0) is 38.3 Å². The molecule has 2 aliphatic carbocycles. The van der Waals surface area contributed by atoms with Crippen LogP contribution >= 0.6 is 0 Å². The number of benzene rings is 2. The Morgan fingerprint density at radius 2 is 1.86 bits per heavy atom. The second-order valence-corrected chi connectivity index (χ2v) is 8.18. The number of fused-ring (bicyclic) bond motifs is 1. The van der Waals surface area contributed by atoms with Crippen molar-refractivity contribution in [2.75, 3.05) is 20.3 Å². The van der Waals surface area contributed by atoms with E-state index < -0.39 is 5.79 Å². The summed E-state index contributed by atoms with van der Waals surface area (Å²) in [5, 5.41) is 0. The topological polar surface area (TPSA) is 44.8 Å². The molecule has 1 aliphatic heterocycles. The van der Waals surface area contributed by atoms with Gasteiger partial charge in [0.25, 0.3) is 0 Å². The fourth-order valence-electron chi connectivity index (χ4n) is 5.09. The van der Waals surface area contributed by atoms with Crippen LogP contribution < -0.4 is 0 Å². The number of ketones is 1. The molecule has 150 valence electrons. The first-order valence-corrected chi connectivity index (χ1v) is 10.4. The zero-order valence-electron chi connectivity index (χ0n) is 16.8. The fourth-order valence-corrected chi connectivity index (χ4v) is 5.09. The highest BCUT2D eigenvalue weighted by molar-refractivity contribution is 6.24. The van der Waals surface area contributed by atoms with E-state index in [1.807, 2.05) is 30.3 Å². The monoisotopic (exact) mass is 390 g/mol. The predicted molar refractivity (Wildman–Crippen MR) is 110 cm³/mol. The standard InChI is InChI=1S/C25H26O4/c1-27-22-15-20(24(26)23(22)17-6-3-2-4-7-17)14-18-8-5-9-19-16-25(11-10-21(18)19)28-12-13-29-25/h2-9,20H,10-16H2,1H3. The first-order chi connectivity index (χ1) is 14.2. The Morgan fingerprint density at radius 3 is 2.62 bits per heavy atom. The molecule has 0 saturated carbocycles. The molecule has 2 aromatic rings. The highest BCUT2D eigenvalue weighted by atomic mass is 16.7. The number of allylic oxidation sites excluding steroid dienone is 2. The van der Waals surface area contributed by atoms with Crippen molar-refractivity contribution in [3.63, 3.8) is 0 Å².